The van der Waals surface area contributed by atoms with Crippen molar-refractivity contribution in [3.8, 4) is 0 Å². The van der Waals surface area contributed by atoms with Gasteiger partial charge in [-0.2, -0.15) is 0 Å². The number of aryl methyl sites for hydroxylation is 1. The van der Waals surface area contributed by atoms with Gasteiger partial charge in [-0.3, -0.25) is 4.79 Å². The summed E-state index contributed by atoms with van der Waals surface area (Å²) in [5.41, 5.74) is 1.36. The molecule has 0 saturated heterocycles. The van der Waals surface area contributed by atoms with Crippen molar-refractivity contribution < 1.29 is 13.6 Å². The fraction of sp³-hybridized carbons (Fsp3) is 0.300. The highest BCUT2D eigenvalue weighted by Crippen LogP contribution is 2.17. The molecule has 0 aliphatic rings. The Morgan fingerprint density at radius 3 is 2.73 bits per heavy atom. The summed E-state index contributed by atoms with van der Waals surface area (Å²) in [7, 11) is 0. The second kappa shape index (κ2) is 5.21. The third-order valence-electron chi connectivity index (χ3n) is 1.85. The van der Waals surface area contributed by atoms with Gasteiger partial charge in [0.2, 0.25) is 0 Å². The number of nitrogens with one attached hydrogen (secondary N) is 1. The van der Waals surface area contributed by atoms with Crippen LogP contribution in [0.4, 0.5) is 8.78 Å². The maximum absolute atomic E-state index is 11.8. The molecule has 0 aromatic heterocycles. The zero-order chi connectivity index (χ0) is 11.4. The molecule has 5 heteroatoms. The Morgan fingerprint density at radius 1 is 1.53 bits per heavy atom. The molecule has 0 heterocycles. The summed E-state index contributed by atoms with van der Waals surface area (Å²) in [6.07, 6.45) is -2.53. The number of alkyl halides is 2. The zero-order valence-electron chi connectivity index (χ0n) is 8.06. The van der Waals surface area contributed by atoms with E-state index in [-0.39, 0.29) is 0 Å². The van der Waals surface area contributed by atoms with Crippen molar-refractivity contribution in [2.45, 2.75) is 13.3 Å². The van der Waals surface area contributed by atoms with Crippen LogP contribution < -0.4 is 5.32 Å². The van der Waals surface area contributed by atoms with Crippen LogP contribution in [0.3, 0.4) is 0 Å². The largest absolute Gasteiger partial charge is 0.346 e. The highest BCUT2D eigenvalue weighted by Gasteiger charge is 2.09. The molecule has 0 bridgehead atoms. The number of rotatable bonds is 3. The van der Waals surface area contributed by atoms with Gasteiger partial charge in [0.1, 0.15) is 0 Å². The number of hydrogen-bond donors (Lipinski definition) is 1. The average Bonchev–Trinajstić information content (AvgIpc) is 2.18. The summed E-state index contributed by atoms with van der Waals surface area (Å²) in [6, 6.07) is 4.96. The summed E-state index contributed by atoms with van der Waals surface area (Å²) in [5, 5.41) is 2.14. The molecular weight excluding hydrogens is 268 g/mol. The topological polar surface area (TPSA) is 29.1 Å². The highest BCUT2D eigenvalue weighted by molar-refractivity contribution is 9.10. The molecule has 0 fully saturated rings. The zero-order valence-corrected chi connectivity index (χ0v) is 9.64. The van der Waals surface area contributed by atoms with Gasteiger partial charge in [-0.05, 0) is 24.6 Å². The Bertz CT molecular complexity index is 368. The van der Waals surface area contributed by atoms with Crippen LogP contribution in [0.1, 0.15) is 15.9 Å². The molecule has 1 rings (SSSR count). The van der Waals surface area contributed by atoms with Crippen LogP contribution >= 0.6 is 15.9 Å². The van der Waals surface area contributed by atoms with Crippen LogP contribution in [0.2, 0.25) is 0 Å². The summed E-state index contributed by atoms with van der Waals surface area (Å²) in [4.78, 5) is 11.3. The molecule has 82 valence electrons. The van der Waals surface area contributed by atoms with Crippen LogP contribution in [-0.4, -0.2) is 18.9 Å². The van der Waals surface area contributed by atoms with Crippen LogP contribution in [0.5, 0.6) is 0 Å². The summed E-state index contributed by atoms with van der Waals surface area (Å²) < 4.78 is 24.4. The van der Waals surface area contributed by atoms with Gasteiger partial charge in [0.05, 0.1) is 6.54 Å². The van der Waals surface area contributed by atoms with E-state index in [0.29, 0.717) is 5.56 Å². The lowest BCUT2D eigenvalue weighted by Crippen LogP contribution is -2.28. The molecule has 0 aliphatic heterocycles. The van der Waals surface area contributed by atoms with Crippen molar-refractivity contribution in [2.75, 3.05) is 6.54 Å². The Labute approximate surface area is 94.8 Å². The fourth-order valence-corrected chi connectivity index (χ4v) is 1.38. The van der Waals surface area contributed by atoms with Crippen molar-refractivity contribution in [3.05, 3.63) is 33.8 Å². The normalized spacial score (nSPS) is 10.5. The van der Waals surface area contributed by atoms with Crippen LogP contribution in [0.25, 0.3) is 0 Å². The minimum absolute atomic E-state index is 0.369. The van der Waals surface area contributed by atoms with Crippen molar-refractivity contribution >= 4 is 21.8 Å². The first kappa shape index (κ1) is 12.1. The van der Waals surface area contributed by atoms with E-state index >= 15 is 0 Å². The summed E-state index contributed by atoms with van der Waals surface area (Å²) in [6.45, 7) is 1.26. The van der Waals surface area contributed by atoms with E-state index in [9.17, 15) is 13.6 Å². The Morgan fingerprint density at radius 2 is 2.20 bits per heavy atom. The SMILES string of the molecule is Cc1ccc(C(=O)NCC(F)F)cc1Br. The molecule has 0 spiro atoms. The maximum Gasteiger partial charge on any atom is 0.255 e. The molecule has 1 aromatic carbocycles. The Kier molecular flexibility index (Phi) is 4.20. The van der Waals surface area contributed by atoms with Gasteiger partial charge in [0, 0.05) is 10.0 Å². The molecule has 0 saturated carbocycles. The third-order valence-corrected chi connectivity index (χ3v) is 2.71. The minimum atomic E-state index is -2.53. The highest BCUT2D eigenvalue weighted by atomic mass is 79.9. The number of carbonyl (C=O) groups is 1. The number of halogens is 3. The first-order valence-corrected chi connectivity index (χ1v) is 5.12. The molecule has 1 amide bonds. The smallest absolute Gasteiger partial charge is 0.255 e. The van der Waals surface area contributed by atoms with E-state index in [1.54, 1.807) is 18.2 Å². The lowest BCUT2D eigenvalue weighted by molar-refractivity contribution is 0.0891. The van der Waals surface area contributed by atoms with Crippen molar-refractivity contribution in [2.24, 2.45) is 0 Å². The monoisotopic (exact) mass is 277 g/mol. The molecular formula is C10H10BrF2NO. The second-order valence-corrected chi connectivity index (χ2v) is 3.92. The van der Waals surface area contributed by atoms with Crippen LogP contribution in [0, 0.1) is 6.92 Å². The van der Waals surface area contributed by atoms with Gasteiger partial charge in [0.15, 0.2) is 0 Å². The van der Waals surface area contributed by atoms with Gasteiger partial charge in [-0.15, -0.1) is 0 Å². The first-order valence-electron chi connectivity index (χ1n) is 4.33. The third kappa shape index (κ3) is 3.58. The quantitative estimate of drug-likeness (QED) is 0.905. The lowest BCUT2D eigenvalue weighted by Gasteiger charge is -2.05. The van der Waals surface area contributed by atoms with E-state index in [4.69, 9.17) is 0 Å². The van der Waals surface area contributed by atoms with Gasteiger partial charge in [-0.1, -0.05) is 22.0 Å². The standard InChI is InChI=1S/C10H10BrF2NO/c1-6-2-3-7(4-8(6)11)10(15)14-5-9(12)13/h2-4,9H,5H2,1H3,(H,14,15). The first-order chi connectivity index (χ1) is 7.00. The van der Waals surface area contributed by atoms with Crippen molar-refractivity contribution in [3.63, 3.8) is 0 Å². The molecule has 1 N–H and O–H groups in total. The van der Waals surface area contributed by atoms with E-state index in [0.717, 1.165) is 10.0 Å². The Hall–Kier alpha value is -0.970. The van der Waals surface area contributed by atoms with E-state index in [2.05, 4.69) is 21.2 Å². The van der Waals surface area contributed by atoms with Crippen LogP contribution in [-0.2, 0) is 0 Å². The molecule has 0 unspecified atom stereocenters. The fourth-order valence-electron chi connectivity index (χ4n) is 1.01. The number of benzene rings is 1. The predicted octanol–water partition coefficient (Wildman–Crippen LogP) is 2.75. The summed E-state index contributed by atoms with van der Waals surface area (Å²) >= 11 is 3.27. The molecule has 0 aliphatic carbocycles. The molecule has 2 nitrogen and oxygen atoms in total. The van der Waals surface area contributed by atoms with Gasteiger partial charge < -0.3 is 5.32 Å². The van der Waals surface area contributed by atoms with Crippen LogP contribution in [0.15, 0.2) is 22.7 Å². The number of carbonyl (C=O) groups excluding carboxylic acids is 1. The van der Waals surface area contributed by atoms with Crippen molar-refractivity contribution in [1.82, 2.24) is 5.32 Å². The van der Waals surface area contributed by atoms with Gasteiger partial charge in [0.25, 0.3) is 12.3 Å². The van der Waals surface area contributed by atoms with E-state index in [1.165, 1.54) is 0 Å². The molecule has 0 atom stereocenters. The maximum atomic E-state index is 11.8. The number of hydrogen-bond acceptors (Lipinski definition) is 1. The van der Waals surface area contributed by atoms with Crippen molar-refractivity contribution in [1.29, 1.82) is 0 Å². The van der Waals surface area contributed by atoms with E-state index < -0.39 is 18.9 Å². The van der Waals surface area contributed by atoms with E-state index in [1.807, 2.05) is 6.92 Å². The predicted molar refractivity (Wildman–Crippen MR) is 57.2 cm³/mol. The van der Waals surface area contributed by atoms with Gasteiger partial charge >= 0.3 is 0 Å². The molecule has 0 radical (unpaired) electrons. The lowest BCUT2D eigenvalue weighted by atomic mass is 10.1. The second-order valence-electron chi connectivity index (χ2n) is 3.07. The summed E-state index contributed by atoms with van der Waals surface area (Å²) in [5.74, 6) is -0.490. The molecule has 15 heavy (non-hydrogen) atoms. The Balaban J connectivity index is 2.70. The minimum Gasteiger partial charge on any atom is -0.346 e. The number of amides is 1. The van der Waals surface area contributed by atoms with Gasteiger partial charge in [-0.25, -0.2) is 8.78 Å². The average molecular weight is 278 g/mol. The molecule has 1 aromatic rings.